The molecule has 5 heteroatoms. The van der Waals surface area contributed by atoms with Gasteiger partial charge in [0.15, 0.2) is 0 Å². The van der Waals surface area contributed by atoms with Crippen LogP contribution in [0, 0.1) is 0 Å². The summed E-state index contributed by atoms with van der Waals surface area (Å²) >= 11 is 0. The lowest BCUT2D eigenvalue weighted by atomic mass is 9.93. The van der Waals surface area contributed by atoms with Gasteiger partial charge in [-0.1, -0.05) is 13.8 Å². The Labute approximate surface area is 100 Å². The maximum absolute atomic E-state index is 11.9. The Morgan fingerprint density at radius 3 is 2.82 bits per heavy atom. The van der Waals surface area contributed by atoms with Crippen LogP contribution in [0.5, 0.6) is 0 Å². The lowest BCUT2D eigenvalue weighted by molar-refractivity contribution is 0.107. The van der Waals surface area contributed by atoms with E-state index in [0.717, 1.165) is 18.5 Å². The summed E-state index contributed by atoms with van der Waals surface area (Å²) in [6, 6.07) is 0. The molecule has 0 fully saturated rings. The molecule has 1 aromatic heterocycles. The molecule has 0 atom stereocenters. The van der Waals surface area contributed by atoms with Crippen LogP contribution in [-0.2, 0) is 23.3 Å². The quantitative estimate of drug-likeness (QED) is 0.815. The Hall–Kier alpha value is -1.20. The van der Waals surface area contributed by atoms with Gasteiger partial charge in [0.25, 0.3) is 5.56 Å². The van der Waals surface area contributed by atoms with Crippen LogP contribution in [0.2, 0.25) is 0 Å². The minimum absolute atomic E-state index is 0.110. The van der Waals surface area contributed by atoms with Crippen LogP contribution in [-0.4, -0.2) is 16.6 Å². The normalized spacial score (nSPS) is 15.7. The molecule has 0 unspecified atom stereocenters. The van der Waals surface area contributed by atoms with E-state index in [0.29, 0.717) is 31.0 Å². The molecule has 0 saturated heterocycles. The maximum Gasteiger partial charge on any atom is 0.256 e. The van der Waals surface area contributed by atoms with E-state index in [4.69, 9.17) is 10.5 Å². The first-order chi connectivity index (χ1) is 8.10. The number of rotatable bonds is 3. The van der Waals surface area contributed by atoms with Gasteiger partial charge in [-0.05, 0) is 12.8 Å². The summed E-state index contributed by atoms with van der Waals surface area (Å²) in [5, 5.41) is 0. The number of ether oxygens (including phenoxy) is 1. The summed E-state index contributed by atoms with van der Waals surface area (Å²) in [7, 11) is 0. The van der Waals surface area contributed by atoms with Gasteiger partial charge in [-0.2, -0.15) is 0 Å². The largest absolute Gasteiger partial charge is 0.376 e. The van der Waals surface area contributed by atoms with Gasteiger partial charge < -0.3 is 15.5 Å². The van der Waals surface area contributed by atoms with Crippen LogP contribution in [0.15, 0.2) is 4.79 Å². The Balaban J connectivity index is 2.51. The van der Waals surface area contributed by atoms with E-state index in [1.807, 2.05) is 13.8 Å². The highest BCUT2D eigenvalue weighted by atomic mass is 16.5. The summed E-state index contributed by atoms with van der Waals surface area (Å²) in [6.07, 6.45) is 2.19. The third kappa shape index (κ3) is 2.12. The van der Waals surface area contributed by atoms with Crippen LogP contribution in [0.4, 0.5) is 0 Å². The highest BCUT2D eigenvalue weighted by Crippen LogP contribution is 2.22. The standard InChI is InChI=1S/C12H19N3O2/c1-3-12(13,4-2)11-14-9-5-6-17-7-8(9)10(16)15-11/h3-7,13H2,1-2H3,(H,14,15,16). The highest BCUT2D eigenvalue weighted by molar-refractivity contribution is 5.21. The zero-order valence-electron chi connectivity index (χ0n) is 10.4. The molecule has 5 nitrogen and oxygen atoms in total. The third-order valence-electron chi connectivity index (χ3n) is 3.56. The van der Waals surface area contributed by atoms with E-state index in [9.17, 15) is 4.79 Å². The number of fused-ring (bicyclic) bond motifs is 1. The Kier molecular flexibility index (Phi) is 3.31. The Morgan fingerprint density at radius 2 is 2.18 bits per heavy atom. The molecule has 94 valence electrons. The zero-order valence-corrected chi connectivity index (χ0v) is 10.4. The first-order valence-electron chi connectivity index (χ1n) is 6.10. The van der Waals surface area contributed by atoms with E-state index in [1.165, 1.54) is 0 Å². The van der Waals surface area contributed by atoms with Crippen molar-refractivity contribution in [2.45, 2.75) is 45.3 Å². The molecule has 2 rings (SSSR count). The van der Waals surface area contributed by atoms with Crippen molar-refractivity contribution < 1.29 is 4.74 Å². The van der Waals surface area contributed by atoms with E-state index in [1.54, 1.807) is 0 Å². The van der Waals surface area contributed by atoms with Crippen molar-refractivity contribution >= 4 is 0 Å². The fraction of sp³-hybridized carbons (Fsp3) is 0.667. The molecule has 0 bridgehead atoms. The molecule has 3 N–H and O–H groups in total. The number of nitrogens with one attached hydrogen (secondary N) is 1. The minimum Gasteiger partial charge on any atom is -0.376 e. The molecule has 1 aromatic rings. The van der Waals surface area contributed by atoms with Gasteiger partial charge in [-0.15, -0.1) is 0 Å². The average molecular weight is 237 g/mol. The van der Waals surface area contributed by atoms with Gasteiger partial charge in [0.1, 0.15) is 5.82 Å². The highest BCUT2D eigenvalue weighted by Gasteiger charge is 2.28. The summed E-state index contributed by atoms with van der Waals surface area (Å²) < 4.78 is 5.26. The summed E-state index contributed by atoms with van der Waals surface area (Å²) in [5.41, 5.74) is 7.10. The van der Waals surface area contributed by atoms with Crippen molar-refractivity contribution in [1.29, 1.82) is 0 Å². The first-order valence-corrected chi connectivity index (χ1v) is 6.10. The molecular weight excluding hydrogens is 218 g/mol. The van der Waals surface area contributed by atoms with E-state index < -0.39 is 5.54 Å². The molecule has 0 radical (unpaired) electrons. The Morgan fingerprint density at radius 1 is 1.47 bits per heavy atom. The molecule has 0 aromatic carbocycles. The van der Waals surface area contributed by atoms with Gasteiger partial charge in [0.05, 0.1) is 30.0 Å². The van der Waals surface area contributed by atoms with Gasteiger partial charge in [-0.25, -0.2) is 4.98 Å². The van der Waals surface area contributed by atoms with E-state index in [2.05, 4.69) is 9.97 Å². The first kappa shape index (κ1) is 12.3. The van der Waals surface area contributed by atoms with Crippen molar-refractivity contribution in [3.05, 3.63) is 27.4 Å². The van der Waals surface area contributed by atoms with Crippen LogP contribution < -0.4 is 11.3 Å². The number of nitrogens with two attached hydrogens (primary N) is 1. The summed E-state index contributed by atoms with van der Waals surface area (Å²) in [6.45, 7) is 4.99. The number of hydrogen-bond donors (Lipinski definition) is 2. The fourth-order valence-electron chi connectivity index (χ4n) is 2.06. The molecule has 0 aliphatic carbocycles. The third-order valence-corrected chi connectivity index (χ3v) is 3.56. The summed E-state index contributed by atoms with van der Waals surface area (Å²) in [4.78, 5) is 19.3. The molecule has 0 spiro atoms. The van der Waals surface area contributed by atoms with Crippen LogP contribution in [0.3, 0.4) is 0 Å². The second-order valence-corrected chi connectivity index (χ2v) is 4.51. The van der Waals surface area contributed by atoms with E-state index in [-0.39, 0.29) is 5.56 Å². The van der Waals surface area contributed by atoms with Crippen molar-refractivity contribution in [2.24, 2.45) is 5.73 Å². The molecule has 1 aliphatic rings. The number of aromatic nitrogens is 2. The zero-order chi connectivity index (χ0) is 12.5. The van der Waals surface area contributed by atoms with Crippen molar-refractivity contribution in [3.63, 3.8) is 0 Å². The van der Waals surface area contributed by atoms with Crippen LogP contribution in [0.1, 0.15) is 43.8 Å². The monoisotopic (exact) mass is 237 g/mol. The lowest BCUT2D eigenvalue weighted by Crippen LogP contribution is -2.40. The number of hydrogen-bond acceptors (Lipinski definition) is 4. The van der Waals surface area contributed by atoms with Crippen molar-refractivity contribution in [1.82, 2.24) is 9.97 Å². The van der Waals surface area contributed by atoms with Crippen LogP contribution >= 0.6 is 0 Å². The second-order valence-electron chi connectivity index (χ2n) is 4.51. The van der Waals surface area contributed by atoms with Gasteiger partial charge >= 0.3 is 0 Å². The molecular formula is C12H19N3O2. The molecule has 0 amide bonds. The summed E-state index contributed by atoms with van der Waals surface area (Å²) in [5.74, 6) is 0.605. The van der Waals surface area contributed by atoms with Crippen LogP contribution in [0.25, 0.3) is 0 Å². The SMILES string of the molecule is CCC(N)(CC)c1nc2c(c(=O)[nH]1)COCC2. The predicted octanol–water partition coefficient (Wildman–Crippen LogP) is 0.817. The van der Waals surface area contributed by atoms with Gasteiger partial charge in [0.2, 0.25) is 0 Å². The Bertz CT molecular complexity index is 463. The van der Waals surface area contributed by atoms with Gasteiger partial charge in [-0.3, -0.25) is 4.79 Å². The smallest absolute Gasteiger partial charge is 0.256 e. The van der Waals surface area contributed by atoms with E-state index >= 15 is 0 Å². The predicted molar refractivity (Wildman–Crippen MR) is 64.7 cm³/mol. The number of H-pyrrole nitrogens is 1. The second kappa shape index (κ2) is 4.58. The average Bonchev–Trinajstić information content (AvgIpc) is 2.38. The number of aromatic amines is 1. The van der Waals surface area contributed by atoms with Gasteiger partial charge in [0, 0.05) is 6.42 Å². The molecule has 0 saturated carbocycles. The fourth-order valence-corrected chi connectivity index (χ4v) is 2.06. The van der Waals surface area contributed by atoms with Crippen molar-refractivity contribution in [2.75, 3.05) is 6.61 Å². The minimum atomic E-state index is -0.535. The topological polar surface area (TPSA) is 81.0 Å². The number of nitrogens with zero attached hydrogens (tertiary/aromatic N) is 1. The maximum atomic E-state index is 11.9. The molecule has 1 aliphatic heterocycles. The molecule has 2 heterocycles. The lowest BCUT2D eigenvalue weighted by Gasteiger charge is -2.27. The molecule has 17 heavy (non-hydrogen) atoms. The van der Waals surface area contributed by atoms with Crippen molar-refractivity contribution in [3.8, 4) is 0 Å².